The van der Waals surface area contributed by atoms with E-state index in [2.05, 4.69) is 16.3 Å². The molecule has 4 rings (SSSR count). The van der Waals surface area contributed by atoms with Gasteiger partial charge in [0.1, 0.15) is 5.82 Å². The molecular weight excluding hydrogens is 335 g/mol. The van der Waals surface area contributed by atoms with Gasteiger partial charge in [-0.25, -0.2) is 12.8 Å². The summed E-state index contributed by atoms with van der Waals surface area (Å²) in [4.78, 5) is 3.98. The highest BCUT2D eigenvalue weighted by atomic mass is 32.2. The Bertz CT molecular complexity index is 811. The van der Waals surface area contributed by atoms with Crippen molar-refractivity contribution < 1.29 is 12.8 Å². The summed E-state index contributed by atoms with van der Waals surface area (Å²) in [5.74, 6) is -0.426. The maximum Gasteiger partial charge on any atom is 0.243 e. The van der Waals surface area contributed by atoms with Gasteiger partial charge in [0.25, 0.3) is 0 Å². The number of halogens is 1. The number of benzene rings is 1. The van der Waals surface area contributed by atoms with Crippen molar-refractivity contribution in [1.29, 1.82) is 0 Å². The Morgan fingerprint density at radius 2 is 1.87 bits per heavy atom. The van der Waals surface area contributed by atoms with E-state index in [1.54, 1.807) is 11.3 Å². The lowest BCUT2D eigenvalue weighted by Crippen LogP contribution is -2.61. The molecule has 0 atom stereocenters. The number of nitrogens with zero attached hydrogens (tertiary/aromatic N) is 2. The van der Waals surface area contributed by atoms with Gasteiger partial charge < -0.3 is 0 Å². The molecule has 0 aliphatic carbocycles. The maximum absolute atomic E-state index is 13.0. The number of rotatable bonds is 3. The molecule has 1 fully saturated rings. The molecule has 1 saturated heterocycles. The second kappa shape index (κ2) is 5.66. The third-order valence-electron chi connectivity index (χ3n) is 4.63. The summed E-state index contributed by atoms with van der Waals surface area (Å²) in [7, 11) is -3.50. The standard InChI is InChI=1S/C16H17FN2O2S2/c17-13-1-3-15(4-2-13)23(20,21)19-10-14(11-19)18-7-5-16-12(9-18)6-8-22-16/h1-4,6,8,14H,5,7,9-11H2. The van der Waals surface area contributed by atoms with E-state index in [4.69, 9.17) is 0 Å². The minimum atomic E-state index is -3.50. The molecule has 1 aromatic carbocycles. The second-order valence-electron chi connectivity index (χ2n) is 6.02. The van der Waals surface area contributed by atoms with Crippen LogP contribution in [0.4, 0.5) is 4.39 Å². The number of fused-ring (bicyclic) bond motifs is 1. The maximum atomic E-state index is 13.0. The summed E-state index contributed by atoms with van der Waals surface area (Å²) < 4.78 is 39.4. The van der Waals surface area contributed by atoms with Gasteiger partial charge in [-0.2, -0.15) is 4.31 Å². The predicted octanol–water partition coefficient (Wildman–Crippen LogP) is 2.32. The third-order valence-corrected chi connectivity index (χ3v) is 7.50. The molecule has 122 valence electrons. The van der Waals surface area contributed by atoms with Gasteiger partial charge in [-0.3, -0.25) is 4.90 Å². The molecule has 0 saturated carbocycles. The highest BCUT2D eigenvalue weighted by molar-refractivity contribution is 7.89. The van der Waals surface area contributed by atoms with Gasteiger partial charge in [0.05, 0.1) is 4.90 Å². The average Bonchev–Trinajstić information content (AvgIpc) is 2.93. The van der Waals surface area contributed by atoms with Crippen LogP contribution < -0.4 is 0 Å². The normalized spacial score (nSPS) is 20.2. The zero-order valence-corrected chi connectivity index (χ0v) is 14.1. The SMILES string of the molecule is O=S(=O)(c1ccc(F)cc1)N1CC(N2CCc3sccc3C2)C1. The molecule has 7 heteroatoms. The van der Waals surface area contributed by atoms with E-state index in [1.807, 2.05) is 0 Å². The zero-order valence-electron chi connectivity index (χ0n) is 12.5. The Kier molecular flexibility index (Phi) is 3.76. The van der Waals surface area contributed by atoms with Crippen LogP contribution in [0.1, 0.15) is 10.4 Å². The van der Waals surface area contributed by atoms with E-state index >= 15 is 0 Å². The Hall–Kier alpha value is -1.28. The van der Waals surface area contributed by atoms with Gasteiger partial charge in [-0.1, -0.05) is 0 Å². The molecule has 4 nitrogen and oxygen atoms in total. The fourth-order valence-electron chi connectivity index (χ4n) is 3.18. The summed E-state index contributed by atoms with van der Waals surface area (Å²) in [6, 6.07) is 7.48. The van der Waals surface area contributed by atoms with Crippen molar-refractivity contribution >= 4 is 21.4 Å². The highest BCUT2D eigenvalue weighted by Gasteiger charge is 2.40. The monoisotopic (exact) mass is 352 g/mol. The Morgan fingerprint density at radius 3 is 2.61 bits per heavy atom. The van der Waals surface area contributed by atoms with E-state index in [0.717, 1.165) is 19.5 Å². The Balaban J connectivity index is 1.42. The third kappa shape index (κ3) is 2.71. The molecule has 3 heterocycles. The van der Waals surface area contributed by atoms with Crippen molar-refractivity contribution in [1.82, 2.24) is 9.21 Å². The van der Waals surface area contributed by atoms with Gasteiger partial charge in [-0.15, -0.1) is 11.3 Å². The minimum absolute atomic E-state index is 0.163. The van der Waals surface area contributed by atoms with Crippen LogP contribution in [0.3, 0.4) is 0 Å². The number of hydrogen-bond donors (Lipinski definition) is 0. The summed E-state index contributed by atoms with van der Waals surface area (Å²) in [6.45, 7) is 2.93. The molecule has 2 aliphatic rings. The van der Waals surface area contributed by atoms with Gasteiger partial charge in [0.2, 0.25) is 10.0 Å². The second-order valence-corrected chi connectivity index (χ2v) is 8.96. The first kappa shape index (κ1) is 15.3. The van der Waals surface area contributed by atoms with Crippen LogP contribution in [-0.2, 0) is 23.0 Å². The molecule has 0 N–H and O–H groups in total. The molecule has 0 radical (unpaired) electrons. The van der Waals surface area contributed by atoms with Crippen molar-refractivity contribution in [3.05, 3.63) is 52.0 Å². The van der Waals surface area contributed by atoms with E-state index < -0.39 is 15.8 Å². The minimum Gasteiger partial charge on any atom is -0.293 e. The molecule has 1 aromatic heterocycles. The van der Waals surface area contributed by atoms with Crippen molar-refractivity contribution in [2.24, 2.45) is 0 Å². The quantitative estimate of drug-likeness (QED) is 0.851. The lowest BCUT2D eigenvalue weighted by atomic mass is 10.0. The Morgan fingerprint density at radius 1 is 1.13 bits per heavy atom. The molecule has 0 spiro atoms. The van der Waals surface area contributed by atoms with E-state index in [1.165, 1.54) is 39.0 Å². The molecular formula is C16H17FN2O2S2. The van der Waals surface area contributed by atoms with Gasteiger partial charge in [-0.05, 0) is 47.7 Å². The predicted molar refractivity (Wildman–Crippen MR) is 87.4 cm³/mol. The number of hydrogen-bond acceptors (Lipinski definition) is 4. The molecule has 23 heavy (non-hydrogen) atoms. The first-order chi connectivity index (χ1) is 11.0. The summed E-state index contributed by atoms with van der Waals surface area (Å²) >= 11 is 1.80. The summed E-state index contributed by atoms with van der Waals surface area (Å²) in [5, 5.41) is 2.13. The number of sulfonamides is 1. The van der Waals surface area contributed by atoms with E-state index in [9.17, 15) is 12.8 Å². The van der Waals surface area contributed by atoms with Crippen LogP contribution in [-0.4, -0.2) is 43.3 Å². The molecule has 2 aliphatic heterocycles. The first-order valence-electron chi connectivity index (χ1n) is 7.59. The van der Waals surface area contributed by atoms with Crippen molar-refractivity contribution in [3.63, 3.8) is 0 Å². The molecule has 0 unspecified atom stereocenters. The van der Waals surface area contributed by atoms with Crippen LogP contribution in [0.5, 0.6) is 0 Å². The van der Waals surface area contributed by atoms with Gasteiger partial charge >= 0.3 is 0 Å². The van der Waals surface area contributed by atoms with E-state index in [0.29, 0.717) is 13.1 Å². The zero-order chi connectivity index (χ0) is 16.0. The summed E-state index contributed by atoms with van der Waals surface area (Å²) in [5.41, 5.74) is 1.38. The van der Waals surface area contributed by atoms with Gasteiger partial charge in [0, 0.05) is 37.1 Å². The van der Waals surface area contributed by atoms with Crippen LogP contribution in [0, 0.1) is 5.82 Å². The largest absolute Gasteiger partial charge is 0.293 e. The van der Waals surface area contributed by atoms with Crippen LogP contribution >= 0.6 is 11.3 Å². The van der Waals surface area contributed by atoms with Crippen molar-refractivity contribution in [3.8, 4) is 0 Å². The van der Waals surface area contributed by atoms with Crippen LogP contribution in [0.15, 0.2) is 40.6 Å². The van der Waals surface area contributed by atoms with Gasteiger partial charge in [0.15, 0.2) is 0 Å². The molecule has 0 bridgehead atoms. The number of thiophene rings is 1. The fraction of sp³-hybridized carbons (Fsp3) is 0.375. The summed E-state index contributed by atoms with van der Waals surface area (Å²) in [6.07, 6.45) is 1.05. The first-order valence-corrected chi connectivity index (χ1v) is 9.91. The Labute approximate surface area is 139 Å². The molecule has 0 amide bonds. The van der Waals surface area contributed by atoms with Crippen molar-refractivity contribution in [2.75, 3.05) is 19.6 Å². The van der Waals surface area contributed by atoms with Crippen molar-refractivity contribution in [2.45, 2.75) is 23.9 Å². The topological polar surface area (TPSA) is 40.6 Å². The lowest BCUT2D eigenvalue weighted by Gasteiger charge is -2.45. The lowest BCUT2D eigenvalue weighted by molar-refractivity contribution is 0.0775. The average molecular weight is 352 g/mol. The fourth-order valence-corrected chi connectivity index (χ4v) is 5.59. The smallest absolute Gasteiger partial charge is 0.243 e. The molecule has 2 aromatic rings. The van der Waals surface area contributed by atoms with E-state index in [-0.39, 0.29) is 10.9 Å². The highest BCUT2D eigenvalue weighted by Crippen LogP contribution is 2.30. The van der Waals surface area contributed by atoms with Crippen LogP contribution in [0.2, 0.25) is 0 Å². The van der Waals surface area contributed by atoms with Crippen LogP contribution in [0.25, 0.3) is 0 Å².